The van der Waals surface area contributed by atoms with E-state index in [1.54, 1.807) is 29.2 Å². The Morgan fingerprint density at radius 2 is 1.58 bits per heavy atom. The third-order valence-corrected chi connectivity index (χ3v) is 6.99. The summed E-state index contributed by atoms with van der Waals surface area (Å²) in [7, 11) is 0. The summed E-state index contributed by atoms with van der Waals surface area (Å²) in [6.45, 7) is 11.7. The van der Waals surface area contributed by atoms with Gasteiger partial charge in [0.25, 0.3) is 11.7 Å². The number of phenolic OH excluding ortho intramolecular Hbond substituents is 1. The lowest BCUT2D eigenvalue weighted by molar-refractivity contribution is -0.140. The highest BCUT2D eigenvalue weighted by Crippen LogP contribution is 2.41. The molecule has 38 heavy (non-hydrogen) atoms. The van der Waals surface area contributed by atoms with Gasteiger partial charge in [-0.15, -0.1) is 0 Å². The van der Waals surface area contributed by atoms with Gasteiger partial charge in [0.05, 0.1) is 18.2 Å². The van der Waals surface area contributed by atoms with Crippen LogP contribution in [0, 0.1) is 6.92 Å². The number of likely N-dealkylation sites (tertiary alicyclic amines) is 1. The molecule has 1 saturated heterocycles. The molecule has 1 amide bonds. The number of amides is 1. The van der Waals surface area contributed by atoms with E-state index in [-0.39, 0.29) is 22.8 Å². The molecule has 1 atom stereocenters. The number of ketones is 1. The second-order valence-electron chi connectivity index (χ2n) is 9.92. The molecular weight excluding hydrogens is 480 g/mol. The Kier molecular flexibility index (Phi) is 10.8. The van der Waals surface area contributed by atoms with E-state index in [0.717, 1.165) is 50.9 Å². The summed E-state index contributed by atoms with van der Waals surface area (Å²) in [4.78, 5) is 30.6. The molecule has 1 heterocycles. The number of rotatable bonds is 14. The standard InChI is InChI=1S/C31H42N2O5/c1-5-8-17-32(18-9-6-2)19-10-20-33-28(24-15-16-25(34)26(21-24)38-7-3)27(30(36)31(33)37)29(35)23-13-11-22(4)12-14-23/h11-16,21,28,34-35H,5-10,17-20H2,1-4H3/t28-/m1/s1. The number of hydrogen-bond acceptors (Lipinski definition) is 6. The Hall–Kier alpha value is -3.32. The molecule has 206 valence electrons. The third-order valence-electron chi connectivity index (χ3n) is 6.99. The summed E-state index contributed by atoms with van der Waals surface area (Å²) >= 11 is 0. The van der Waals surface area contributed by atoms with E-state index in [1.807, 2.05) is 26.0 Å². The number of unbranched alkanes of at least 4 members (excludes halogenated alkanes) is 2. The quantitative estimate of drug-likeness (QED) is 0.185. The number of aliphatic hydroxyl groups is 1. The first-order chi connectivity index (χ1) is 18.3. The SMILES string of the molecule is CCCCN(CCCC)CCCN1C(=O)C(=O)C(=C(O)c2ccc(C)cc2)[C@H]1c1ccc(O)c(OCC)c1. The summed E-state index contributed by atoms with van der Waals surface area (Å²) in [6, 6.07) is 11.3. The Morgan fingerprint density at radius 1 is 0.947 bits per heavy atom. The van der Waals surface area contributed by atoms with Crippen LogP contribution in [-0.2, 0) is 9.59 Å². The molecular formula is C31H42N2O5. The van der Waals surface area contributed by atoms with Gasteiger partial charge in [-0.2, -0.15) is 0 Å². The monoisotopic (exact) mass is 522 g/mol. The number of carbonyl (C=O) groups is 2. The average molecular weight is 523 g/mol. The predicted octanol–water partition coefficient (Wildman–Crippen LogP) is 5.81. The molecule has 0 aromatic heterocycles. The number of aromatic hydroxyl groups is 1. The van der Waals surface area contributed by atoms with Crippen LogP contribution in [-0.4, -0.2) is 64.5 Å². The van der Waals surface area contributed by atoms with Crippen LogP contribution >= 0.6 is 0 Å². The Labute approximate surface area is 226 Å². The number of nitrogens with zero attached hydrogens (tertiary/aromatic N) is 2. The first-order valence-electron chi connectivity index (χ1n) is 13.9. The van der Waals surface area contributed by atoms with Crippen LogP contribution in [0.1, 0.15) is 75.6 Å². The maximum Gasteiger partial charge on any atom is 0.295 e. The van der Waals surface area contributed by atoms with Crippen molar-refractivity contribution in [3.8, 4) is 11.5 Å². The van der Waals surface area contributed by atoms with Gasteiger partial charge in [0.15, 0.2) is 11.5 Å². The molecule has 1 fully saturated rings. The fourth-order valence-corrected chi connectivity index (χ4v) is 4.86. The third kappa shape index (κ3) is 6.95. The van der Waals surface area contributed by atoms with Crippen molar-refractivity contribution in [1.82, 2.24) is 9.80 Å². The van der Waals surface area contributed by atoms with Crippen LogP contribution < -0.4 is 4.74 Å². The van der Waals surface area contributed by atoms with Gasteiger partial charge in [-0.1, -0.05) is 62.6 Å². The average Bonchev–Trinajstić information content (AvgIpc) is 3.16. The lowest BCUT2D eigenvalue weighted by Gasteiger charge is -2.28. The van der Waals surface area contributed by atoms with Crippen LogP contribution in [0.5, 0.6) is 11.5 Å². The van der Waals surface area contributed by atoms with Gasteiger partial charge in [-0.3, -0.25) is 9.59 Å². The Bertz CT molecular complexity index is 1120. The molecule has 0 saturated carbocycles. The van der Waals surface area contributed by atoms with Crippen LogP contribution in [0.3, 0.4) is 0 Å². The number of carbonyl (C=O) groups excluding carboxylic acids is 2. The molecule has 7 heteroatoms. The predicted molar refractivity (Wildman–Crippen MR) is 150 cm³/mol. The largest absolute Gasteiger partial charge is 0.507 e. The first-order valence-corrected chi connectivity index (χ1v) is 13.9. The molecule has 0 unspecified atom stereocenters. The fourth-order valence-electron chi connectivity index (χ4n) is 4.86. The van der Waals surface area contributed by atoms with E-state index < -0.39 is 17.7 Å². The lowest BCUT2D eigenvalue weighted by atomic mass is 9.94. The summed E-state index contributed by atoms with van der Waals surface area (Å²) < 4.78 is 5.58. The molecule has 0 bridgehead atoms. The van der Waals surface area contributed by atoms with E-state index in [0.29, 0.717) is 30.7 Å². The van der Waals surface area contributed by atoms with E-state index in [4.69, 9.17) is 4.74 Å². The van der Waals surface area contributed by atoms with E-state index in [2.05, 4.69) is 18.7 Å². The van der Waals surface area contributed by atoms with Crippen molar-refractivity contribution < 1.29 is 24.5 Å². The van der Waals surface area contributed by atoms with E-state index >= 15 is 0 Å². The highest BCUT2D eigenvalue weighted by molar-refractivity contribution is 6.46. The van der Waals surface area contributed by atoms with Crippen molar-refractivity contribution >= 4 is 17.4 Å². The number of Topliss-reactive ketones (excluding diaryl/α,β-unsaturated/α-hetero) is 1. The van der Waals surface area contributed by atoms with Gasteiger partial charge in [0, 0.05) is 12.1 Å². The molecule has 2 N–H and O–H groups in total. The summed E-state index contributed by atoms with van der Waals surface area (Å²) in [6.07, 6.45) is 5.20. The zero-order chi connectivity index (χ0) is 27.7. The van der Waals surface area contributed by atoms with Crippen LogP contribution in [0.15, 0.2) is 48.0 Å². The van der Waals surface area contributed by atoms with E-state index in [9.17, 15) is 19.8 Å². The van der Waals surface area contributed by atoms with Gasteiger partial charge in [0.1, 0.15) is 5.76 Å². The van der Waals surface area contributed by atoms with Gasteiger partial charge in [-0.25, -0.2) is 0 Å². The minimum Gasteiger partial charge on any atom is -0.507 e. The maximum atomic E-state index is 13.3. The fraction of sp³-hybridized carbons (Fsp3) is 0.484. The number of aliphatic hydroxyl groups excluding tert-OH is 1. The molecule has 7 nitrogen and oxygen atoms in total. The Morgan fingerprint density at radius 3 is 2.18 bits per heavy atom. The van der Waals surface area contributed by atoms with Gasteiger partial charge in [-0.05, 0) is 70.4 Å². The molecule has 2 aromatic rings. The topological polar surface area (TPSA) is 90.3 Å². The van der Waals surface area contributed by atoms with Crippen molar-refractivity contribution in [2.45, 2.75) is 65.8 Å². The summed E-state index contributed by atoms with van der Waals surface area (Å²) in [5.41, 5.74) is 2.16. The summed E-state index contributed by atoms with van der Waals surface area (Å²) in [5, 5.41) is 21.5. The van der Waals surface area contributed by atoms with Gasteiger partial charge in [0.2, 0.25) is 0 Å². The minimum absolute atomic E-state index is 0.0198. The molecule has 0 spiro atoms. The number of phenols is 1. The molecule has 2 aromatic carbocycles. The second-order valence-corrected chi connectivity index (χ2v) is 9.92. The van der Waals surface area contributed by atoms with E-state index in [1.165, 1.54) is 6.07 Å². The highest BCUT2D eigenvalue weighted by Gasteiger charge is 2.46. The Balaban J connectivity index is 1.98. The lowest BCUT2D eigenvalue weighted by Crippen LogP contribution is -2.34. The van der Waals surface area contributed by atoms with Crippen LogP contribution in [0.25, 0.3) is 5.76 Å². The van der Waals surface area contributed by atoms with Gasteiger partial charge >= 0.3 is 0 Å². The number of benzene rings is 2. The van der Waals surface area contributed by atoms with Crippen molar-refractivity contribution in [3.63, 3.8) is 0 Å². The number of ether oxygens (including phenoxy) is 1. The van der Waals surface area contributed by atoms with Crippen LogP contribution in [0.2, 0.25) is 0 Å². The summed E-state index contributed by atoms with van der Waals surface area (Å²) in [5.74, 6) is -1.27. The first kappa shape index (κ1) is 29.2. The van der Waals surface area contributed by atoms with Crippen molar-refractivity contribution in [1.29, 1.82) is 0 Å². The van der Waals surface area contributed by atoms with Crippen molar-refractivity contribution in [2.24, 2.45) is 0 Å². The normalized spacial score (nSPS) is 17.0. The maximum absolute atomic E-state index is 13.3. The molecule has 0 radical (unpaired) electrons. The highest BCUT2D eigenvalue weighted by atomic mass is 16.5. The molecule has 1 aliphatic heterocycles. The van der Waals surface area contributed by atoms with Crippen molar-refractivity contribution in [2.75, 3.05) is 32.8 Å². The number of aryl methyl sites for hydroxylation is 1. The minimum atomic E-state index is -0.782. The zero-order valence-electron chi connectivity index (χ0n) is 23.2. The molecule has 3 rings (SSSR count). The second kappa shape index (κ2) is 14.0. The number of hydrogen-bond donors (Lipinski definition) is 2. The van der Waals surface area contributed by atoms with Crippen molar-refractivity contribution in [3.05, 3.63) is 64.7 Å². The molecule has 1 aliphatic rings. The van der Waals surface area contributed by atoms with Gasteiger partial charge < -0.3 is 24.7 Å². The zero-order valence-corrected chi connectivity index (χ0v) is 23.2. The van der Waals surface area contributed by atoms with Crippen LogP contribution in [0.4, 0.5) is 0 Å². The smallest absolute Gasteiger partial charge is 0.295 e. The molecule has 0 aliphatic carbocycles.